The van der Waals surface area contributed by atoms with Crippen molar-refractivity contribution in [1.29, 1.82) is 0 Å². The van der Waals surface area contributed by atoms with Gasteiger partial charge in [-0.3, -0.25) is 9.89 Å². The number of H-pyrrole nitrogens is 1. The monoisotopic (exact) mass is 278 g/mol. The maximum absolute atomic E-state index is 11.9. The Hall–Kier alpha value is -3.08. The van der Waals surface area contributed by atoms with E-state index in [0.29, 0.717) is 5.56 Å². The maximum Gasteiger partial charge on any atom is 0.258 e. The lowest BCUT2D eigenvalue weighted by Gasteiger charge is -2.08. The van der Waals surface area contributed by atoms with Crippen LogP contribution < -0.4 is 10.6 Å². The van der Waals surface area contributed by atoms with Gasteiger partial charge in [0.25, 0.3) is 5.91 Å². The van der Waals surface area contributed by atoms with Gasteiger partial charge in [0.2, 0.25) is 0 Å². The normalized spacial score (nSPS) is 10.1. The van der Waals surface area contributed by atoms with E-state index in [9.17, 15) is 4.79 Å². The molecule has 1 amide bonds. The number of anilines is 3. The molecule has 0 unspecified atom stereocenters. The number of hydrogen-bond acceptors (Lipinski definition) is 3. The van der Waals surface area contributed by atoms with Gasteiger partial charge in [0.1, 0.15) is 0 Å². The predicted octanol–water partition coefficient (Wildman–Crippen LogP) is 3.41. The Balaban J connectivity index is 1.65. The number of rotatable bonds is 4. The Kier molecular flexibility index (Phi) is 3.64. The highest BCUT2D eigenvalue weighted by atomic mass is 16.1. The highest BCUT2D eigenvalue weighted by Gasteiger charge is 2.06. The third-order valence-corrected chi connectivity index (χ3v) is 2.97. The standard InChI is InChI=1S/C16H14N4O/c21-16(12-10-17-18-11-12)20-15-8-6-14(7-9-15)19-13-4-2-1-3-5-13/h1-11,19H,(H,17,18)(H,20,21). The van der Waals surface area contributed by atoms with Crippen LogP contribution in [0.25, 0.3) is 0 Å². The van der Waals surface area contributed by atoms with Crippen molar-refractivity contribution in [1.82, 2.24) is 10.2 Å². The van der Waals surface area contributed by atoms with Crippen LogP contribution in [0.2, 0.25) is 0 Å². The first kappa shape index (κ1) is 12.9. The van der Waals surface area contributed by atoms with E-state index in [1.54, 1.807) is 6.20 Å². The van der Waals surface area contributed by atoms with Crippen molar-refractivity contribution in [2.24, 2.45) is 0 Å². The second-order valence-electron chi connectivity index (χ2n) is 4.51. The molecule has 0 saturated carbocycles. The molecule has 104 valence electrons. The van der Waals surface area contributed by atoms with Crippen molar-refractivity contribution in [3.8, 4) is 0 Å². The molecule has 3 rings (SSSR count). The van der Waals surface area contributed by atoms with Gasteiger partial charge in [-0.05, 0) is 36.4 Å². The average molecular weight is 278 g/mol. The average Bonchev–Trinajstić information content (AvgIpc) is 3.05. The molecule has 2 aromatic carbocycles. The van der Waals surface area contributed by atoms with E-state index in [1.165, 1.54) is 6.20 Å². The Morgan fingerprint density at radius 1 is 0.905 bits per heavy atom. The fourth-order valence-corrected chi connectivity index (χ4v) is 1.90. The minimum absolute atomic E-state index is 0.187. The minimum atomic E-state index is -0.187. The highest BCUT2D eigenvalue weighted by Crippen LogP contribution is 2.18. The first-order valence-corrected chi connectivity index (χ1v) is 6.53. The Morgan fingerprint density at radius 3 is 2.24 bits per heavy atom. The molecule has 0 fully saturated rings. The van der Waals surface area contributed by atoms with E-state index >= 15 is 0 Å². The van der Waals surface area contributed by atoms with Gasteiger partial charge in [0, 0.05) is 23.3 Å². The number of aromatic amines is 1. The number of nitrogens with zero attached hydrogens (tertiary/aromatic N) is 1. The molecule has 0 saturated heterocycles. The predicted molar refractivity (Wildman–Crippen MR) is 82.7 cm³/mol. The second kappa shape index (κ2) is 5.92. The zero-order valence-corrected chi connectivity index (χ0v) is 11.2. The summed E-state index contributed by atoms with van der Waals surface area (Å²) in [4.78, 5) is 11.9. The Morgan fingerprint density at radius 2 is 1.57 bits per heavy atom. The topological polar surface area (TPSA) is 69.8 Å². The summed E-state index contributed by atoms with van der Waals surface area (Å²) in [6, 6.07) is 17.4. The lowest BCUT2D eigenvalue weighted by molar-refractivity contribution is 0.102. The van der Waals surface area contributed by atoms with E-state index in [2.05, 4.69) is 20.8 Å². The summed E-state index contributed by atoms with van der Waals surface area (Å²) in [7, 11) is 0. The number of nitrogens with one attached hydrogen (secondary N) is 3. The second-order valence-corrected chi connectivity index (χ2v) is 4.51. The van der Waals surface area contributed by atoms with Gasteiger partial charge in [-0.15, -0.1) is 0 Å². The first-order valence-electron chi connectivity index (χ1n) is 6.53. The van der Waals surface area contributed by atoms with Crippen LogP contribution in [0.3, 0.4) is 0 Å². The quantitative estimate of drug-likeness (QED) is 0.685. The lowest BCUT2D eigenvalue weighted by Crippen LogP contribution is -2.10. The summed E-state index contributed by atoms with van der Waals surface area (Å²) in [5.41, 5.74) is 3.22. The number of amides is 1. The fourth-order valence-electron chi connectivity index (χ4n) is 1.90. The van der Waals surface area contributed by atoms with Crippen LogP contribution in [0.15, 0.2) is 67.0 Å². The van der Waals surface area contributed by atoms with Gasteiger partial charge >= 0.3 is 0 Å². The van der Waals surface area contributed by atoms with Crippen molar-refractivity contribution in [2.45, 2.75) is 0 Å². The van der Waals surface area contributed by atoms with Crippen LogP contribution in [0.5, 0.6) is 0 Å². The van der Waals surface area contributed by atoms with E-state index in [-0.39, 0.29) is 5.91 Å². The maximum atomic E-state index is 11.9. The number of hydrogen-bond donors (Lipinski definition) is 3. The molecular weight excluding hydrogens is 264 g/mol. The molecule has 5 nitrogen and oxygen atoms in total. The zero-order valence-electron chi connectivity index (χ0n) is 11.2. The number of benzene rings is 2. The van der Waals surface area contributed by atoms with Crippen LogP contribution in [0.1, 0.15) is 10.4 Å². The van der Waals surface area contributed by atoms with Gasteiger partial charge in [0.05, 0.1) is 11.8 Å². The molecule has 0 aliphatic heterocycles. The van der Waals surface area contributed by atoms with Crippen molar-refractivity contribution in [2.75, 3.05) is 10.6 Å². The van der Waals surface area contributed by atoms with Crippen molar-refractivity contribution < 1.29 is 4.79 Å². The van der Waals surface area contributed by atoms with E-state index in [1.807, 2.05) is 54.6 Å². The number of carbonyl (C=O) groups is 1. The molecule has 0 aliphatic carbocycles. The van der Waals surface area contributed by atoms with E-state index < -0.39 is 0 Å². The number of para-hydroxylation sites is 1. The van der Waals surface area contributed by atoms with E-state index in [0.717, 1.165) is 17.1 Å². The SMILES string of the molecule is O=C(Nc1ccc(Nc2ccccc2)cc1)c1cn[nH]c1. The molecule has 0 atom stereocenters. The number of aromatic nitrogens is 2. The molecule has 3 aromatic rings. The molecule has 0 spiro atoms. The van der Waals surface area contributed by atoms with Gasteiger partial charge in [-0.1, -0.05) is 18.2 Å². The molecular formula is C16H14N4O. The number of carbonyl (C=O) groups excluding carboxylic acids is 1. The first-order chi connectivity index (χ1) is 10.3. The summed E-state index contributed by atoms with van der Waals surface area (Å²) < 4.78 is 0. The Bertz CT molecular complexity index is 706. The van der Waals surface area contributed by atoms with Crippen LogP contribution >= 0.6 is 0 Å². The smallest absolute Gasteiger partial charge is 0.258 e. The zero-order chi connectivity index (χ0) is 14.5. The lowest BCUT2D eigenvalue weighted by atomic mass is 10.2. The van der Waals surface area contributed by atoms with Crippen molar-refractivity contribution >= 4 is 23.0 Å². The molecule has 0 bridgehead atoms. The Labute approximate surface area is 122 Å². The van der Waals surface area contributed by atoms with Gasteiger partial charge in [-0.25, -0.2) is 0 Å². The van der Waals surface area contributed by atoms with Gasteiger partial charge < -0.3 is 10.6 Å². The molecule has 0 radical (unpaired) electrons. The van der Waals surface area contributed by atoms with Crippen LogP contribution in [-0.4, -0.2) is 16.1 Å². The fraction of sp³-hybridized carbons (Fsp3) is 0. The third kappa shape index (κ3) is 3.27. The summed E-state index contributed by atoms with van der Waals surface area (Å²) in [5.74, 6) is -0.187. The largest absolute Gasteiger partial charge is 0.356 e. The molecule has 1 heterocycles. The minimum Gasteiger partial charge on any atom is -0.356 e. The summed E-state index contributed by atoms with van der Waals surface area (Å²) in [6.45, 7) is 0. The van der Waals surface area contributed by atoms with Gasteiger partial charge in [-0.2, -0.15) is 5.10 Å². The molecule has 1 aromatic heterocycles. The summed E-state index contributed by atoms with van der Waals surface area (Å²) in [5, 5.41) is 12.5. The molecule has 21 heavy (non-hydrogen) atoms. The summed E-state index contributed by atoms with van der Waals surface area (Å²) in [6.07, 6.45) is 3.04. The van der Waals surface area contributed by atoms with Crippen molar-refractivity contribution in [3.05, 3.63) is 72.6 Å². The van der Waals surface area contributed by atoms with E-state index in [4.69, 9.17) is 0 Å². The van der Waals surface area contributed by atoms with Crippen LogP contribution in [0, 0.1) is 0 Å². The molecule has 5 heteroatoms. The molecule has 0 aliphatic rings. The molecule has 3 N–H and O–H groups in total. The van der Waals surface area contributed by atoms with Crippen LogP contribution in [0.4, 0.5) is 17.1 Å². The highest BCUT2D eigenvalue weighted by molar-refractivity contribution is 6.03. The third-order valence-electron chi connectivity index (χ3n) is 2.97. The van der Waals surface area contributed by atoms with Crippen LogP contribution in [-0.2, 0) is 0 Å². The summed E-state index contributed by atoms with van der Waals surface area (Å²) >= 11 is 0. The van der Waals surface area contributed by atoms with Crippen molar-refractivity contribution in [3.63, 3.8) is 0 Å². The van der Waals surface area contributed by atoms with Gasteiger partial charge in [0.15, 0.2) is 0 Å².